The molecule has 7 heteroatoms. The Hall–Kier alpha value is -2.13. The minimum atomic E-state index is 0. The van der Waals surface area contributed by atoms with Crippen molar-refractivity contribution in [3.8, 4) is 0 Å². The van der Waals surface area contributed by atoms with Crippen LogP contribution in [0.25, 0.3) is 5.65 Å². The summed E-state index contributed by atoms with van der Waals surface area (Å²) in [5.41, 5.74) is 3.48. The first kappa shape index (κ1) is 21.6. The molecule has 1 aliphatic heterocycles. The molecule has 1 fully saturated rings. The largest absolute Gasteiger partial charge is 0.356 e. The van der Waals surface area contributed by atoms with E-state index in [4.69, 9.17) is 0 Å². The van der Waals surface area contributed by atoms with Crippen molar-refractivity contribution in [1.29, 1.82) is 0 Å². The van der Waals surface area contributed by atoms with Crippen molar-refractivity contribution in [3.63, 3.8) is 0 Å². The average molecular weight is 504 g/mol. The predicted molar refractivity (Wildman–Crippen MR) is 129 cm³/mol. The highest BCUT2D eigenvalue weighted by Crippen LogP contribution is 2.09. The summed E-state index contributed by atoms with van der Waals surface area (Å²) >= 11 is 0. The lowest BCUT2D eigenvalue weighted by Crippen LogP contribution is -2.52. The van der Waals surface area contributed by atoms with Crippen LogP contribution in [0.3, 0.4) is 0 Å². The van der Waals surface area contributed by atoms with E-state index in [0.29, 0.717) is 0 Å². The van der Waals surface area contributed by atoms with Crippen molar-refractivity contribution < 1.29 is 0 Å². The molecule has 3 heterocycles. The van der Waals surface area contributed by atoms with Gasteiger partial charge in [0.1, 0.15) is 5.65 Å². The molecular weight excluding hydrogens is 475 g/mol. The van der Waals surface area contributed by atoms with Crippen LogP contribution in [0.15, 0.2) is 65.9 Å². The molecule has 3 aromatic rings. The molecule has 0 radical (unpaired) electrons. The summed E-state index contributed by atoms with van der Waals surface area (Å²) in [6.07, 6.45) is 5.02. The molecule has 2 aromatic heterocycles. The third kappa shape index (κ3) is 5.70. The van der Waals surface area contributed by atoms with E-state index in [0.717, 1.165) is 63.0 Å². The Balaban J connectivity index is 0.00000240. The van der Waals surface area contributed by atoms with Gasteiger partial charge in [-0.15, -0.1) is 24.0 Å². The first-order valence-corrected chi connectivity index (χ1v) is 9.96. The van der Waals surface area contributed by atoms with Gasteiger partial charge in [0.25, 0.3) is 0 Å². The van der Waals surface area contributed by atoms with Crippen LogP contribution in [0.1, 0.15) is 11.3 Å². The molecule has 1 saturated heterocycles. The van der Waals surface area contributed by atoms with E-state index < -0.39 is 0 Å². The molecule has 0 unspecified atom stereocenters. The average Bonchev–Trinajstić information content (AvgIpc) is 3.16. The van der Waals surface area contributed by atoms with E-state index in [2.05, 4.69) is 66.0 Å². The number of imidazole rings is 1. The number of nitrogens with one attached hydrogen (secondary N) is 1. The molecule has 1 aliphatic rings. The first-order valence-electron chi connectivity index (χ1n) is 9.96. The molecule has 0 spiro atoms. The van der Waals surface area contributed by atoms with Gasteiger partial charge >= 0.3 is 0 Å². The van der Waals surface area contributed by atoms with Crippen LogP contribution in [-0.2, 0) is 13.0 Å². The topological polar surface area (TPSA) is 48.2 Å². The van der Waals surface area contributed by atoms with E-state index in [1.54, 1.807) is 0 Å². The van der Waals surface area contributed by atoms with Gasteiger partial charge in [0.05, 0.1) is 5.69 Å². The fourth-order valence-corrected chi connectivity index (χ4v) is 3.70. The number of hydrogen-bond acceptors (Lipinski definition) is 3. The number of aromatic nitrogens is 2. The second-order valence-corrected chi connectivity index (χ2v) is 7.17. The van der Waals surface area contributed by atoms with Gasteiger partial charge in [0, 0.05) is 65.1 Å². The summed E-state index contributed by atoms with van der Waals surface area (Å²) in [7, 11) is 1.86. The number of nitrogens with zero attached hydrogens (tertiary/aromatic N) is 5. The van der Waals surface area contributed by atoms with E-state index in [-0.39, 0.29) is 24.0 Å². The second kappa shape index (κ2) is 10.6. The molecule has 0 saturated carbocycles. The van der Waals surface area contributed by atoms with Crippen LogP contribution in [0, 0.1) is 0 Å². The third-order valence-electron chi connectivity index (χ3n) is 5.21. The van der Waals surface area contributed by atoms with E-state index in [1.165, 1.54) is 5.56 Å². The lowest BCUT2D eigenvalue weighted by Gasteiger charge is -2.36. The van der Waals surface area contributed by atoms with Gasteiger partial charge in [-0.3, -0.25) is 9.89 Å². The maximum atomic E-state index is 4.66. The molecule has 154 valence electrons. The monoisotopic (exact) mass is 504 g/mol. The molecule has 1 aromatic carbocycles. The van der Waals surface area contributed by atoms with Gasteiger partial charge in [0.15, 0.2) is 5.96 Å². The van der Waals surface area contributed by atoms with E-state index >= 15 is 0 Å². The van der Waals surface area contributed by atoms with E-state index in [1.807, 2.05) is 31.4 Å². The first-order chi connectivity index (χ1) is 13.8. The van der Waals surface area contributed by atoms with Crippen LogP contribution < -0.4 is 5.32 Å². The fourth-order valence-electron chi connectivity index (χ4n) is 3.70. The zero-order valence-electron chi connectivity index (χ0n) is 16.9. The molecule has 0 amide bonds. The van der Waals surface area contributed by atoms with Gasteiger partial charge in [-0.05, 0) is 17.7 Å². The molecule has 0 atom stereocenters. The lowest BCUT2D eigenvalue weighted by molar-refractivity contribution is 0.172. The van der Waals surface area contributed by atoms with Gasteiger partial charge in [-0.2, -0.15) is 0 Å². The quantitative estimate of drug-likeness (QED) is 0.330. The van der Waals surface area contributed by atoms with E-state index in [9.17, 15) is 0 Å². The SMILES string of the molecule is CN=C(NCCc1cn2ccccc2n1)N1CCN(Cc2ccccc2)CC1.I. The van der Waals surface area contributed by atoms with Gasteiger partial charge in [0.2, 0.25) is 0 Å². The summed E-state index contributed by atoms with van der Waals surface area (Å²) < 4.78 is 2.07. The van der Waals surface area contributed by atoms with Crippen molar-refractivity contribution in [2.24, 2.45) is 4.99 Å². The van der Waals surface area contributed by atoms with Gasteiger partial charge in [-0.1, -0.05) is 36.4 Å². The van der Waals surface area contributed by atoms with Crippen LogP contribution in [-0.4, -0.2) is 64.9 Å². The molecule has 29 heavy (non-hydrogen) atoms. The molecule has 1 N–H and O–H groups in total. The summed E-state index contributed by atoms with van der Waals surface area (Å²) in [6.45, 7) is 5.97. The van der Waals surface area contributed by atoms with Crippen molar-refractivity contribution in [1.82, 2.24) is 24.5 Å². The Morgan fingerprint density at radius 3 is 2.52 bits per heavy atom. The smallest absolute Gasteiger partial charge is 0.193 e. The number of hydrogen-bond donors (Lipinski definition) is 1. The second-order valence-electron chi connectivity index (χ2n) is 7.17. The summed E-state index contributed by atoms with van der Waals surface area (Å²) in [5, 5.41) is 3.50. The molecule has 6 nitrogen and oxygen atoms in total. The van der Waals surface area contributed by atoms with Crippen molar-refractivity contribution in [2.75, 3.05) is 39.8 Å². The number of fused-ring (bicyclic) bond motifs is 1. The lowest BCUT2D eigenvalue weighted by atomic mass is 10.2. The molecule has 4 rings (SSSR count). The van der Waals surface area contributed by atoms with Crippen molar-refractivity contribution in [3.05, 3.63) is 72.2 Å². The van der Waals surface area contributed by atoms with Crippen molar-refractivity contribution >= 4 is 35.6 Å². The summed E-state index contributed by atoms with van der Waals surface area (Å²) in [5.74, 6) is 0.989. The summed E-state index contributed by atoms with van der Waals surface area (Å²) in [4.78, 5) is 14.0. The number of piperazine rings is 1. The Morgan fingerprint density at radius 2 is 1.79 bits per heavy atom. The fraction of sp³-hybridized carbons (Fsp3) is 0.364. The standard InChI is InChI=1S/C22H28N6.HI/c1-23-22(24-11-10-20-18-28-12-6-5-9-21(28)25-20)27-15-13-26(14-16-27)17-19-7-3-2-4-8-19;/h2-9,12,18H,10-11,13-17H2,1H3,(H,23,24);1H. The minimum Gasteiger partial charge on any atom is -0.356 e. The zero-order valence-corrected chi connectivity index (χ0v) is 19.2. The van der Waals surface area contributed by atoms with Crippen LogP contribution in [0.5, 0.6) is 0 Å². The van der Waals surface area contributed by atoms with Gasteiger partial charge < -0.3 is 14.6 Å². The number of rotatable bonds is 5. The van der Waals surface area contributed by atoms with Crippen LogP contribution in [0.2, 0.25) is 0 Å². The number of halogens is 1. The highest BCUT2D eigenvalue weighted by atomic mass is 127. The Labute approximate surface area is 189 Å². The molecular formula is C22H29IN6. The normalized spacial score (nSPS) is 15.3. The highest BCUT2D eigenvalue weighted by Gasteiger charge is 2.19. The van der Waals surface area contributed by atoms with Crippen LogP contribution >= 0.6 is 24.0 Å². The maximum Gasteiger partial charge on any atom is 0.193 e. The Kier molecular flexibility index (Phi) is 7.88. The summed E-state index contributed by atoms with van der Waals surface area (Å²) in [6, 6.07) is 16.8. The minimum absolute atomic E-state index is 0. The predicted octanol–water partition coefficient (Wildman–Crippen LogP) is 2.89. The molecule has 0 aliphatic carbocycles. The number of guanidine groups is 1. The van der Waals surface area contributed by atoms with Crippen LogP contribution in [0.4, 0.5) is 0 Å². The molecule has 0 bridgehead atoms. The number of benzene rings is 1. The highest BCUT2D eigenvalue weighted by molar-refractivity contribution is 14.0. The Morgan fingerprint density at radius 1 is 1.03 bits per heavy atom. The number of aliphatic imine (C=N–C) groups is 1. The third-order valence-corrected chi connectivity index (χ3v) is 5.21. The van der Waals surface area contributed by atoms with Gasteiger partial charge in [-0.25, -0.2) is 4.98 Å². The Bertz CT molecular complexity index is 882. The number of pyridine rings is 1. The van der Waals surface area contributed by atoms with Crippen molar-refractivity contribution in [2.45, 2.75) is 13.0 Å². The maximum absolute atomic E-state index is 4.66. The zero-order chi connectivity index (χ0) is 19.2.